The van der Waals surface area contributed by atoms with Gasteiger partial charge in [0.15, 0.2) is 11.2 Å². The van der Waals surface area contributed by atoms with Crippen molar-refractivity contribution in [1.29, 1.82) is 0 Å². The minimum absolute atomic E-state index is 0. The molecule has 0 aliphatic carbocycles. The third-order valence-electron chi connectivity index (χ3n) is 2.07. The second-order valence-electron chi connectivity index (χ2n) is 2.91. The summed E-state index contributed by atoms with van der Waals surface area (Å²) in [6.45, 7) is 6.42. The maximum Gasteiger partial charge on any atom is 0.387 e. The Morgan fingerprint density at radius 2 is 2.00 bits per heavy atom. The van der Waals surface area contributed by atoms with Crippen LogP contribution in [0.1, 0.15) is 15.6 Å². The molecular weight excluding hydrogens is 280 g/mol. The van der Waals surface area contributed by atoms with Crippen LogP contribution in [-0.2, 0) is 0 Å². The van der Waals surface area contributed by atoms with E-state index in [1.54, 1.807) is 11.3 Å². The molecule has 0 aliphatic heterocycles. The number of rotatable bonds is 1. The SMILES string of the molecule is Cc1sc(C)[n+](-c2nccs2)c1C.[Br-]. The maximum absolute atomic E-state index is 4.31. The Bertz CT molecular complexity index is 420. The van der Waals surface area contributed by atoms with Gasteiger partial charge in [-0.15, -0.1) is 0 Å². The smallest absolute Gasteiger partial charge is 0.387 e. The number of hydrogen-bond acceptors (Lipinski definition) is 3. The van der Waals surface area contributed by atoms with Gasteiger partial charge in [0.05, 0.1) is 0 Å². The number of hydrogen-bond donors (Lipinski definition) is 0. The van der Waals surface area contributed by atoms with Crippen molar-refractivity contribution in [3.05, 3.63) is 27.2 Å². The molecule has 2 aromatic rings. The van der Waals surface area contributed by atoms with Crippen LogP contribution in [0, 0.1) is 20.8 Å². The van der Waals surface area contributed by atoms with Gasteiger partial charge in [0.25, 0.3) is 0 Å². The Kier molecular flexibility index (Phi) is 3.80. The fraction of sp³-hybridized carbons (Fsp3) is 0.333. The molecule has 0 unspecified atom stereocenters. The summed E-state index contributed by atoms with van der Waals surface area (Å²) in [4.78, 5) is 5.68. The first-order chi connectivity index (χ1) is 6.20. The molecule has 0 atom stereocenters. The third kappa shape index (κ3) is 1.89. The second-order valence-corrected chi connectivity index (χ2v) is 5.19. The molecule has 0 amide bonds. The van der Waals surface area contributed by atoms with Crippen molar-refractivity contribution in [2.24, 2.45) is 0 Å². The number of aryl methyl sites for hydroxylation is 2. The molecule has 0 spiro atoms. The molecule has 0 fully saturated rings. The van der Waals surface area contributed by atoms with E-state index in [2.05, 4.69) is 30.3 Å². The predicted octanol–water partition coefficient (Wildman–Crippen LogP) is -0.589. The van der Waals surface area contributed by atoms with Crippen LogP contribution in [0.2, 0.25) is 0 Å². The highest BCUT2D eigenvalue weighted by molar-refractivity contribution is 7.12. The van der Waals surface area contributed by atoms with Crippen LogP contribution in [0.5, 0.6) is 0 Å². The van der Waals surface area contributed by atoms with Gasteiger partial charge in [-0.3, -0.25) is 0 Å². The molecule has 76 valence electrons. The first kappa shape index (κ1) is 11.8. The summed E-state index contributed by atoms with van der Waals surface area (Å²) in [6, 6.07) is 0. The van der Waals surface area contributed by atoms with Crippen LogP contribution < -0.4 is 21.5 Å². The fourth-order valence-electron chi connectivity index (χ4n) is 1.34. The molecule has 2 rings (SSSR count). The van der Waals surface area contributed by atoms with Crippen molar-refractivity contribution < 1.29 is 21.5 Å². The lowest BCUT2D eigenvalue weighted by molar-refractivity contribution is -0.603. The number of thiazole rings is 2. The largest absolute Gasteiger partial charge is 1.00 e. The van der Waals surface area contributed by atoms with Crippen LogP contribution in [0.25, 0.3) is 5.13 Å². The van der Waals surface area contributed by atoms with E-state index in [0.29, 0.717) is 0 Å². The molecule has 0 aromatic carbocycles. The van der Waals surface area contributed by atoms with Gasteiger partial charge in [-0.2, -0.15) is 4.57 Å². The Balaban J connectivity index is 0.000000980. The van der Waals surface area contributed by atoms with Gasteiger partial charge in [-0.05, 0) is 18.8 Å². The van der Waals surface area contributed by atoms with Gasteiger partial charge in [0.2, 0.25) is 0 Å². The monoisotopic (exact) mass is 290 g/mol. The first-order valence-corrected chi connectivity index (χ1v) is 5.78. The van der Waals surface area contributed by atoms with Crippen molar-refractivity contribution in [2.45, 2.75) is 20.8 Å². The van der Waals surface area contributed by atoms with Crippen LogP contribution in [0.15, 0.2) is 11.6 Å². The van der Waals surface area contributed by atoms with Crippen molar-refractivity contribution in [3.63, 3.8) is 0 Å². The van der Waals surface area contributed by atoms with E-state index < -0.39 is 0 Å². The van der Waals surface area contributed by atoms with E-state index in [4.69, 9.17) is 0 Å². The highest BCUT2D eigenvalue weighted by atomic mass is 79.9. The van der Waals surface area contributed by atoms with Gasteiger partial charge in [0, 0.05) is 17.2 Å². The predicted molar refractivity (Wildman–Crippen MR) is 55.7 cm³/mol. The minimum atomic E-state index is 0. The summed E-state index contributed by atoms with van der Waals surface area (Å²) in [5.74, 6) is 0. The van der Waals surface area contributed by atoms with E-state index in [0.717, 1.165) is 5.13 Å². The van der Waals surface area contributed by atoms with Crippen LogP contribution >= 0.6 is 22.7 Å². The molecule has 2 aromatic heterocycles. The summed E-state index contributed by atoms with van der Waals surface area (Å²) < 4.78 is 2.21. The van der Waals surface area contributed by atoms with Crippen LogP contribution in [0.4, 0.5) is 0 Å². The average molecular weight is 291 g/mol. The van der Waals surface area contributed by atoms with Crippen LogP contribution in [0.3, 0.4) is 0 Å². The molecule has 0 N–H and O–H groups in total. The average Bonchev–Trinajstić information content (AvgIpc) is 2.63. The topological polar surface area (TPSA) is 16.8 Å². The van der Waals surface area contributed by atoms with Crippen LogP contribution in [-0.4, -0.2) is 4.98 Å². The summed E-state index contributed by atoms with van der Waals surface area (Å²) in [5, 5.41) is 4.37. The van der Waals surface area contributed by atoms with Crippen molar-refractivity contribution in [3.8, 4) is 5.13 Å². The zero-order valence-corrected chi connectivity index (χ0v) is 11.5. The lowest BCUT2D eigenvalue weighted by Gasteiger charge is -1.92. The highest BCUT2D eigenvalue weighted by Crippen LogP contribution is 2.17. The van der Waals surface area contributed by atoms with Crippen molar-refractivity contribution in [1.82, 2.24) is 4.98 Å². The molecule has 0 saturated carbocycles. The van der Waals surface area contributed by atoms with E-state index >= 15 is 0 Å². The van der Waals surface area contributed by atoms with Gasteiger partial charge in [-0.25, -0.2) is 0 Å². The Hall–Kier alpha value is -0.260. The molecule has 0 radical (unpaired) electrons. The number of halogens is 1. The summed E-state index contributed by atoms with van der Waals surface area (Å²) in [5.41, 5.74) is 1.30. The third-order valence-corrected chi connectivity index (χ3v) is 3.91. The molecule has 14 heavy (non-hydrogen) atoms. The quantitative estimate of drug-likeness (QED) is 0.642. The Morgan fingerprint density at radius 1 is 1.29 bits per heavy atom. The van der Waals surface area contributed by atoms with E-state index in [1.165, 1.54) is 15.6 Å². The molecule has 0 saturated heterocycles. The van der Waals surface area contributed by atoms with Gasteiger partial charge in [0.1, 0.15) is 5.69 Å². The molecule has 2 nitrogen and oxygen atoms in total. The van der Waals surface area contributed by atoms with Gasteiger partial charge < -0.3 is 17.0 Å². The molecule has 0 aliphatic rings. The lowest BCUT2D eigenvalue weighted by atomic mass is 10.4. The summed E-state index contributed by atoms with van der Waals surface area (Å²) in [7, 11) is 0. The number of nitrogens with zero attached hydrogens (tertiary/aromatic N) is 2. The van der Waals surface area contributed by atoms with Gasteiger partial charge in [-0.1, -0.05) is 22.7 Å². The Labute approximate surface area is 102 Å². The normalized spacial score (nSPS) is 9.93. The number of aromatic nitrogens is 2. The second kappa shape index (κ2) is 4.51. The van der Waals surface area contributed by atoms with Crippen molar-refractivity contribution >= 4 is 22.7 Å². The molecular formula is C9H11BrN2S2. The molecule has 0 bridgehead atoms. The van der Waals surface area contributed by atoms with E-state index in [1.807, 2.05) is 22.9 Å². The maximum atomic E-state index is 4.31. The molecule has 2 heterocycles. The lowest BCUT2D eigenvalue weighted by Crippen LogP contribution is -3.00. The minimum Gasteiger partial charge on any atom is -1.00 e. The highest BCUT2D eigenvalue weighted by Gasteiger charge is 2.18. The van der Waals surface area contributed by atoms with Crippen molar-refractivity contribution in [2.75, 3.05) is 0 Å². The summed E-state index contributed by atoms with van der Waals surface area (Å²) in [6.07, 6.45) is 1.85. The Morgan fingerprint density at radius 3 is 2.43 bits per heavy atom. The molecule has 5 heteroatoms. The zero-order valence-electron chi connectivity index (χ0n) is 8.24. The zero-order chi connectivity index (χ0) is 9.42. The first-order valence-electron chi connectivity index (χ1n) is 4.08. The fourth-order valence-corrected chi connectivity index (χ4v) is 3.14. The van der Waals surface area contributed by atoms with E-state index in [-0.39, 0.29) is 17.0 Å². The van der Waals surface area contributed by atoms with E-state index in [9.17, 15) is 0 Å². The summed E-state index contributed by atoms with van der Waals surface area (Å²) >= 11 is 3.50. The van der Waals surface area contributed by atoms with Gasteiger partial charge >= 0.3 is 5.13 Å². The standard InChI is InChI=1S/C9H11N2S2.BrH/c1-6-7(2)13-8(3)11(6)9-10-4-5-12-9;/h4-5H,1-3H3;1H/q+1;/p-1.